The molecule has 0 amide bonds. The van der Waals surface area contributed by atoms with Crippen molar-refractivity contribution >= 4 is 23.3 Å². The SMILES string of the molecule is C/C(=C\C(=O)C[C@H](C)C(=O)O)[C@@H]1C[C@H](O)[C@]2(C)C3=C(C(=O)C[C@]12C)[C@]1(C)CCC(=O)C(C)(C)[C@@H]1C[C@H]3O. The first-order valence-corrected chi connectivity index (χ1v) is 13.5. The van der Waals surface area contributed by atoms with Crippen molar-refractivity contribution in [3.63, 3.8) is 0 Å². The number of aliphatic carboxylic acids is 1. The predicted molar refractivity (Wildman–Crippen MR) is 137 cm³/mol. The van der Waals surface area contributed by atoms with Gasteiger partial charge in [-0.05, 0) is 55.1 Å². The number of carbonyl (C=O) groups is 4. The van der Waals surface area contributed by atoms with Crippen LogP contribution in [-0.2, 0) is 19.2 Å². The number of ketones is 3. The van der Waals surface area contributed by atoms with Crippen LogP contribution in [0, 0.1) is 39.4 Å². The molecular formula is C30H42O7. The van der Waals surface area contributed by atoms with Crippen LogP contribution < -0.4 is 0 Å². The van der Waals surface area contributed by atoms with Crippen LogP contribution in [0.4, 0.5) is 0 Å². The maximum absolute atomic E-state index is 14.0. The average Bonchev–Trinajstić information content (AvgIpc) is 2.99. The van der Waals surface area contributed by atoms with E-state index >= 15 is 0 Å². The Labute approximate surface area is 219 Å². The number of allylic oxidation sites excluding steroid dienone is 3. The average molecular weight is 515 g/mol. The number of carboxylic acids is 1. The number of aliphatic hydroxyl groups is 2. The van der Waals surface area contributed by atoms with Crippen LogP contribution in [0.25, 0.3) is 0 Å². The summed E-state index contributed by atoms with van der Waals surface area (Å²) in [4.78, 5) is 50.7. The molecule has 8 atom stereocenters. The maximum atomic E-state index is 14.0. The maximum Gasteiger partial charge on any atom is 0.306 e. The summed E-state index contributed by atoms with van der Waals surface area (Å²) in [5.74, 6) is -2.44. The molecule has 0 radical (unpaired) electrons. The second-order valence-corrected chi connectivity index (χ2v) is 13.5. The van der Waals surface area contributed by atoms with Crippen molar-refractivity contribution < 1.29 is 34.5 Å². The molecule has 4 aliphatic rings. The lowest BCUT2D eigenvalue weighted by Gasteiger charge is -2.61. The van der Waals surface area contributed by atoms with Crippen LogP contribution in [0.15, 0.2) is 22.8 Å². The van der Waals surface area contributed by atoms with Gasteiger partial charge in [-0.3, -0.25) is 19.2 Å². The lowest BCUT2D eigenvalue weighted by molar-refractivity contribution is -0.145. The van der Waals surface area contributed by atoms with E-state index < -0.39 is 45.8 Å². The molecule has 2 saturated carbocycles. The number of hydrogen-bond acceptors (Lipinski definition) is 6. The van der Waals surface area contributed by atoms with Crippen LogP contribution in [0.5, 0.6) is 0 Å². The molecule has 0 aromatic heterocycles. The number of Topliss-reactive ketones (excluding diaryl/α,β-unsaturated/α-hetero) is 2. The summed E-state index contributed by atoms with van der Waals surface area (Å²) in [6, 6.07) is 0. The normalized spacial score (nSPS) is 42.1. The van der Waals surface area contributed by atoms with Crippen LogP contribution in [0.2, 0.25) is 0 Å². The number of carbonyl (C=O) groups excluding carboxylic acids is 3. The fourth-order valence-electron chi connectivity index (χ4n) is 8.77. The van der Waals surface area contributed by atoms with E-state index in [9.17, 15) is 29.4 Å². The minimum absolute atomic E-state index is 0.0379. The lowest BCUT2D eigenvalue weighted by Crippen LogP contribution is -2.60. The molecule has 2 fully saturated rings. The van der Waals surface area contributed by atoms with E-state index in [1.807, 2.05) is 34.6 Å². The van der Waals surface area contributed by atoms with Gasteiger partial charge in [-0.1, -0.05) is 47.1 Å². The minimum Gasteiger partial charge on any atom is -0.481 e. The van der Waals surface area contributed by atoms with Crippen molar-refractivity contribution in [1.29, 1.82) is 0 Å². The molecule has 0 aromatic rings. The van der Waals surface area contributed by atoms with Gasteiger partial charge < -0.3 is 15.3 Å². The molecule has 0 spiro atoms. The number of carboxylic acid groups (broad SMARTS) is 1. The zero-order valence-corrected chi connectivity index (χ0v) is 23.2. The Balaban J connectivity index is 1.80. The predicted octanol–water partition coefficient (Wildman–Crippen LogP) is 4.05. The van der Waals surface area contributed by atoms with Gasteiger partial charge in [-0.15, -0.1) is 0 Å². The highest BCUT2D eigenvalue weighted by Gasteiger charge is 2.69. The van der Waals surface area contributed by atoms with E-state index in [0.29, 0.717) is 36.8 Å². The molecule has 0 bridgehead atoms. The third-order valence-electron chi connectivity index (χ3n) is 11.2. The smallest absolute Gasteiger partial charge is 0.306 e. The summed E-state index contributed by atoms with van der Waals surface area (Å²) in [5, 5.41) is 32.4. The Morgan fingerprint density at radius 3 is 2.30 bits per heavy atom. The highest BCUT2D eigenvalue weighted by atomic mass is 16.4. The molecule has 0 aliphatic heterocycles. The number of hydrogen-bond donors (Lipinski definition) is 3. The summed E-state index contributed by atoms with van der Waals surface area (Å²) >= 11 is 0. The molecule has 0 aromatic carbocycles. The van der Waals surface area contributed by atoms with Gasteiger partial charge >= 0.3 is 5.97 Å². The Bertz CT molecular complexity index is 1130. The number of rotatable bonds is 5. The lowest BCUT2D eigenvalue weighted by atomic mass is 9.42. The zero-order valence-electron chi connectivity index (χ0n) is 23.2. The molecule has 4 rings (SSSR count). The Kier molecular flexibility index (Phi) is 6.56. The Hall–Kier alpha value is -2.12. The molecule has 7 nitrogen and oxygen atoms in total. The van der Waals surface area contributed by atoms with Gasteiger partial charge in [0, 0.05) is 41.1 Å². The topological polar surface area (TPSA) is 129 Å². The molecule has 204 valence electrons. The van der Waals surface area contributed by atoms with Gasteiger partial charge in [0.15, 0.2) is 11.6 Å². The van der Waals surface area contributed by atoms with Crippen LogP contribution in [0.1, 0.15) is 87.0 Å². The third kappa shape index (κ3) is 3.75. The fraction of sp³-hybridized carbons (Fsp3) is 0.733. The highest BCUT2D eigenvalue weighted by molar-refractivity contribution is 6.01. The van der Waals surface area contributed by atoms with Gasteiger partial charge in [0.25, 0.3) is 0 Å². The zero-order chi connectivity index (χ0) is 27.9. The minimum atomic E-state index is -1.03. The van der Waals surface area contributed by atoms with E-state index in [2.05, 4.69) is 6.92 Å². The first-order chi connectivity index (χ1) is 16.9. The molecule has 7 heteroatoms. The summed E-state index contributed by atoms with van der Waals surface area (Å²) in [6.07, 6.45) is 1.42. The van der Waals surface area contributed by atoms with Gasteiger partial charge in [0.2, 0.25) is 0 Å². The van der Waals surface area contributed by atoms with Crippen LogP contribution >= 0.6 is 0 Å². The van der Waals surface area contributed by atoms with E-state index in [1.165, 1.54) is 13.0 Å². The Morgan fingerprint density at radius 2 is 1.70 bits per heavy atom. The van der Waals surface area contributed by atoms with Gasteiger partial charge in [-0.25, -0.2) is 0 Å². The molecule has 3 N–H and O–H groups in total. The van der Waals surface area contributed by atoms with Gasteiger partial charge in [0.05, 0.1) is 18.1 Å². The van der Waals surface area contributed by atoms with Crippen molar-refractivity contribution in [2.24, 2.45) is 39.4 Å². The third-order valence-corrected chi connectivity index (χ3v) is 11.2. The van der Waals surface area contributed by atoms with Crippen molar-refractivity contribution in [3.8, 4) is 0 Å². The van der Waals surface area contributed by atoms with E-state index in [-0.39, 0.29) is 42.0 Å². The first kappa shape index (κ1) is 27.9. The largest absolute Gasteiger partial charge is 0.481 e. The molecular weight excluding hydrogens is 472 g/mol. The number of aliphatic hydroxyl groups excluding tert-OH is 2. The standard InChI is InChI=1S/C30H42O7/c1-15(10-17(31)11-16(2)26(36)37)18-12-23(35)30(7)25-19(32)13-21-27(3,4)22(34)8-9-28(21,5)24(25)20(33)14-29(18,30)6/h10,16,18-19,21,23,32,35H,8-9,11-14H2,1-7H3,(H,36,37)/b15-10+/t16-,18-,19+,21-,23-,28+,29+,30+/m0/s1. The Morgan fingerprint density at radius 1 is 1.08 bits per heavy atom. The number of fused-ring (bicyclic) bond motifs is 4. The van der Waals surface area contributed by atoms with E-state index in [4.69, 9.17) is 5.11 Å². The fourth-order valence-corrected chi connectivity index (χ4v) is 8.77. The highest BCUT2D eigenvalue weighted by Crippen LogP contribution is 2.71. The van der Waals surface area contributed by atoms with Crippen molar-refractivity contribution in [2.75, 3.05) is 0 Å². The van der Waals surface area contributed by atoms with E-state index in [1.54, 1.807) is 0 Å². The first-order valence-electron chi connectivity index (χ1n) is 13.5. The quantitative estimate of drug-likeness (QED) is 0.472. The van der Waals surface area contributed by atoms with Crippen molar-refractivity contribution in [3.05, 3.63) is 22.8 Å². The molecule has 0 heterocycles. The van der Waals surface area contributed by atoms with Crippen LogP contribution in [0.3, 0.4) is 0 Å². The van der Waals surface area contributed by atoms with Gasteiger partial charge in [0.1, 0.15) is 5.78 Å². The summed E-state index contributed by atoms with van der Waals surface area (Å²) in [6.45, 7) is 13.1. The monoisotopic (exact) mass is 514 g/mol. The van der Waals surface area contributed by atoms with Crippen LogP contribution in [-0.4, -0.2) is 50.8 Å². The van der Waals surface area contributed by atoms with Crippen molar-refractivity contribution in [2.45, 2.75) is 99.2 Å². The summed E-state index contributed by atoms with van der Waals surface area (Å²) in [7, 11) is 0. The summed E-state index contributed by atoms with van der Waals surface area (Å²) < 4.78 is 0. The summed E-state index contributed by atoms with van der Waals surface area (Å²) in [5.41, 5.74) is -0.855. The molecule has 4 aliphatic carbocycles. The second-order valence-electron chi connectivity index (χ2n) is 13.5. The van der Waals surface area contributed by atoms with Gasteiger partial charge in [-0.2, -0.15) is 0 Å². The molecule has 37 heavy (non-hydrogen) atoms. The van der Waals surface area contributed by atoms with E-state index in [0.717, 1.165) is 5.57 Å². The second kappa shape index (κ2) is 8.70. The molecule has 0 unspecified atom stereocenters. The van der Waals surface area contributed by atoms with Crippen molar-refractivity contribution in [1.82, 2.24) is 0 Å². The molecule has 0 saturated heterocycles.